The van der Waals surface area contributed by atoms with Crippen molar-refractivity contribution < 1.29 is 23.9 Å². The van der Waals surface area contributed by atoms with Gasteiger partial charge in [0.2, 0.25) is 5.91 Å². The molecule has 0 unspecified atom stereocenters. The number of amidine groups is 1. The number of benzene rings is 4. The number of thioether (sulfide) groups is 1. The van der Waals surface area contributed by atoms with Crippen LogP contribution in [0.3, 0.4) is 0 Å². The van der Waals surface area contributed by atoms with Crippen LogP contribution in [0.25, 0.3) is 6.08 Å². The monoisotopic (exact) mass is 722 g/mol. The first kappa shape index (κ1) is 35.8. The molecule has 9 nitrogen and oxygen atoms in total. The van der Waals surface area contributed by atoms with Crippen LogP contribution in [0, 0.1) is 13.8 Å². The van der Waals surface area contributed by atoms with Crippen LogP contribution >= 0.6 is 23.4 Å². The summed E-state index contributed by atoms with van der Waals surface area (Å²) in [7, 11) is 1.60. The second-order valence-corrected chi connectivity index (χ2v) is 13.7. The van der Waals surface area contributed by atoms with Gasteiger partial charge in [0.05, 0.1) is 18.6 Å². The molecule has 11 heteroatoms. The van der Waals surface area contributed by atoms with Crippen molar-refractivity contribution in [1.29, 1.82) is 0 Å². The van der Waals surface area contributed by atoms with E-state index in [0.717, 1.165) is 38.7 Å². The summed E-state index contributed by atoms with van der Waals surface area (Å²) in [5.41, 5.74) is 6.12. The fourth-order valence-electron chi connectivity index (χ4n) is 6.02. The fraction of sp³-hybridized carbons (Fsp3) is 0.250. The number of halogens is 1. The lowest BCUT2D eigenvalue weighted by atomic mass is 10.1. The molecule has 0 aromatic heterocycles. The maximum Gasteiger partial charge on any atom is 0.283 e. The minimum atomic E-state index is -0.277. The van der Waals surface area contributed by atoms with Gasteiger partial charge in [-0.1, -0.05) is 53.7 Å². The van der Waals surface area contributed by atoms with E-state index in [1.807, 2.05) is 104 Å². The second kappa shape index (κ2) is 15.9. The van der Waals surface area contributed by atoms with Crippen LogP contribution in [-0.4, -0.2) is 66.7 Å². The summed E-state index contributed by atoms with van der Waals surface area (Å²) < 4.78 is 11.8. The van der Waals surface area contributed by atoms with Gasteiger partial charge in [0.1, 0.15) is 23.8 Å². The van der Waals surface area contributed by atoms with Crippen molar-refractivity contribution in [1.82, 2.24) is 4.90 Å². The van der Waals surface area contributed by atoms with Gasteiger partial charge in [-0.25, -0.2) is 4.99 Å². The van der Waals surface area contributed by atoms with Crippen LogP contribution in [0.5, 0.6) is 11.5 Å². The molecular formula is C40H39ClN4O5S. The lowest BCUT2D eigenvalue weighted by molar-refractivity contribution is -0.128. The molecule has 1 saturated heterocycles. The summed E-state index contributed by atoms with van der Waals surface area (Å²) >= 11 is 7.57. The molecule has 0 radical (unpaired) electrons. The Bertz CT molecular complexity index is 1980. The molecule has 6 rings (SSSR count). The van der Waals surface area contributed by atoms with E-state index in [0.29, 0.717) is 48.3 Å². The minimum absolute atomic E-state index is 0.0152. The molecule has 51 heavy (non-hydrogen) atoms. The van der Waals surface area contributed by atoms with Crippen LogP contribution < -0.4 is 19.3 Å². The highest BCUT2D eigenvalue weighted by molar-refractivity contribution is 8.14. The molecule has 1 fully saturated rings. The average molecular weight is 723 g/mol. The van der Waals surface area contributed by atoms with Crippen molar-refractivity contribution in [2.75, 3.05) is 48.8 Å². The lowest BCUT2D eigenvalue weighted by Gasteiger charge is -2.36. The van der Waals surface area contributed by atoms with Crippen LogP contribution in [0.2, 0.25) is 5.02 Å². The standard InChI is InChI=1S/C40H39ClN4O5S/c1-26-20-34(21-27(2)38(26)41)50-24-31-11-10-29(23-36(31)49-4)22-35-39(48)45(33-8-6-5-7-9-33)40(42-35)51-25-37(47)44-18-16-43(17-19-44)32-14-12-30(13-15-32)28(3)46/h5-15,20-23H,16-19,24-25H2,1-4H3. The van der Waals surface area contributed by atoms with Crippen molar-refractivity contribution in [3.05, 3.63) is 123 Å². The predicted octanol–water partition coefficient (Wildman–Crippen LogP) is 7.57. The summed E-state index contributed by atoms with van der Waals surface area (Å²) in [6, 6.07) is 26.4. The summed E-state index contributed by atoms with van der Waals surface area (Å²) in [4.78, 5) is 49.1. The van der Waals surface area contributed by atoms with Gasteiger partial charge < -0.3 is 19.3 Å². The molecule has 2 amide bonds. The van der Waals surface area contributed by atoms with Crippen LogP contribution in [0.15, 0.2) is 95.6 Å². The minimum Gasteiger partial charge on any atom is -0.496 e. The third kappa shape index (κ3) is 8.30. The Balaban J connectivity index is 1.14. The maximum absolute atomic E-state index is 13.8. The van der Waals surface area contributed by atoms with E-state index in [4.69, 9.17) is 26.1 Å². The molecule has 2 aliphatic heterocycles. The van der Waals surface area contributed by atoms with E-state index >= 15 is 0 Å². The number of aryl methyl sites for hydroxylation is 2. The van der Waals surface area contributed by atoms with E-state index < -0.39 is 0 Å². The fourth-order valence-corrected chi connectivity index (χ4v) is 7.04. The van der Waals surface area contributed by atoms with Crippen molar-refractivity contribution in [3.63, 3.8) is 0 Å². The van der Waals surface area contributed by atoms with Crippen molar-refractivity contribution >= 4 is 63.6 Å². The van der Waals surface area contributed by atoms with Crippen LogP contribution in [0.4, 0.5) is 11.4 Å². The van der Waals surface area contributed by atoms with Gasteiger partial charge in [-0.15, -0.1) is 0 Å². The zero-order valence-electron chi connectivity index (χ0n) is 29.0. The molecule has 2 heterocycles. The highest BCUT2D eigenvalue weighted by Crippen LogP contribution is 2.32. The Labute approximate surface area is 307 Å². The molecule has 0 spiro atoms. The number of ketones is 1. The summed E-state index contributed by atoms with van der Waals surface area (Å²) in [5.74, 6) is 1.23. The second-order valence-electron chi connectivity index (χ2n) is 12.4. The maximum atomic E-state index is 13.8. The van der Waals surface area contributed by atoms with Crippen LogP contribution in [0.1, 0.15) is 39.5 Å². The molecule has 4 aromatic carbocycles. The van der Waals surface area contributed by atoms with Gasteiger partial charge in [-0.2, -0.15) is 0 Å². The van der Waals surface area contributed by atoms with Gasteiger partial charge in [0.25, 0.3) is 5.91 Å². The first-order valence-electron chi connectivity index (χ1n) is 16.6. The smallest absolute Gasteiger partial charge is 0.283 e. The van der Waals surface area contributed by atoms with Gasteiger partial charge in [0.15, 0.2) is 11.0 Å². The number of Topliss-reactive ketones (excluding diaryl/α,β-unsaturated/α-hetero) is 1. The van der Waals surface area contributed by atoms with Crippen LogP contribution in [-0.2, 0) is 16.2 Å². The number of carbonyl (C=O) groups excluding carboxylic acids is 3. The first-order chi connectivity index (χ1) is 24.6. The number of nitrogens with zero attached hydrogens (tertiary/aromatic N) is 4. The Hall–Kier alpha value is -5.06. The van der Waals surface area contributed by atoms with E-state index in [-0.39, 0.29) is 35.7 Å². The summed E-state index contributed by atoms with van der Waals surface area (Å²) in [6.07, 6.45) is 1.73. The number of amides is 2. The number of anilines is 2. The Morgan fingerprint density at radius 1 is 0.902 bits per heavy atom. The van der Waals surface area contributed by atoms with Crippen molar-refractivity contribution in [2.24, 2.45) is 4.99 Å². The highest BCUT2D eigenvalue weighted by Gasteiger charge is 2.33. The van der Waals surface area contributed by atoms with Crippen molar-refractivity contribution in [3.8, 4) is 11.5 Å². The highest BCUT2D eigenvalue weighted by atomic mass is 35.5. The molecule has 0 aliphatic carbocycles. The lowest BCUT2D eigenvalue weighted by Crippen LogP contribution is -2.49. The van der Waals surface area contributed by atoms with Gasteiger partial charge in [0, 0.05) is 48.0 Å². The average Bonchev–Trinajstić information content (AvgIpc) is 3.46. The molecule has 0 atom stereocenters. The van der Waals surface area contributed by atoms with Gasteiger partial charge in [-0.3, -0.25) is 19.3 Å². The number of carbonyl (C=O) groups is 3. The van der Waals surface area contributed by atoms with Crippen molar-refractivity contribution in [2.45, 2.75) is 27.4 Å². The normalized spacial score (nSPS) is 15.3. The number of methoxy groups -OCH3 is 1. The van der Waals surface area contributed by atoms with E-state index in [1.54, 1.807) is 25.0 Å². The number of rotatable bonds is 10. The summed E-state index contributed by atoms with van der Waals surface area (Å²) in [6.45, 7) is 8.27. The molecule has 4 aromatic rings. The van der Waals surface area contributed by atoms with E-state index in [1.165, 1.54) is 11.8 Å². The zero-order valence-corrected chi connectivity index (χ0v) is 30.6. The molecule has 262 valence electrons. The van der Waals surface area contributed by atoms with Gasteiger partial charge >= 0.3 is 0 Å². The molecule has 0 bridgehead atoms. The number of ether oxygens (including phenoxy) is 2. The largest absolute Gasteiger partial charge is 0.496 e. The Kier molecular flexibility index (Phi) is 11.1. The molecule has 0 saturated carbocycles. The SMILES string of the molecule is COc1cc(C=C2N=C(SCC(=O)N3CCN(c4ccc(C(C)=O)cc4)CC3)N(c3ccccc3)C2=O)ccc1COc1cc(C)c(Cl)c(C)c1. The van der Waals surface area contributed by atoms with Gasteiger partial charge in [-0.05, 0) is 98.1 Å². The Morgan fingerprint density at radius 2 is 1.59 bits per heavy atom. The number of aliphatic imine (C=N–C) groups is 1. The summed E-state index contributed by atoms with van der Waals surface area (Å²) in [5, 5.41) is 1.17. The van der Waals surface area contributed by atoms with E-state index in [2.05, 4.69) is 4.90 Å². The molecule has 2 aliphatic rings. The molecule has 0 N–H and O–H groups in total. The number of hydrogen-bond donors (Lipinski definition) is 0. The predicted molar refractivity (Wildman–Crippen MR) is 205 cm³/mol. The topological polar surface area (TPSA) is 91.8 Å². The third-order valence-electron chi connectivity index (χ3n) is 8.86. The number of para-hydroxylation sites is 1. The first-order valence-corrected chi connectivity index (χ1v) is 18.0. The quantitative estimate of drug-likeness (QED) is 0.123. The Morgan fingerprint density at radius 3 is 2.24 bits per heavy atom. The third-order valence-corrected chi connectivity index (χ3v) is 10.4. The number of piperazine rings is 1. The van der Waals surface area contributed by atoms with E-state index in [9.17, 15) is 14.4 Å². The number of hydrogen-bond acceptors (Lipinski definition) is 8. The zero-order chi connectivity index (χ0) is 36.1. The molecular weight excluding hydrogens is 684 g/mol.